The lowest BCUT2D eigenvalue weighted by atomic mass is 9.86. The van der Waals surface area contributed by atoms with Crippen molar-refractivity contribution in [3.8, 4) is 0 Å². The van der Waals surface area contributed by atoms with Gasteiger partial charge in [0.15, 0.2) is 0 Å². The number of amides is 2. The number of aryl methyl sites for hydroxylation is 1. The quantitative estimate of drug-likeness (QED) is 0.627. The second-order valence-electron chi connectivity index (χ2n) is 10.7. The Kier molecular flexibility index (Phi) is 7.19. The number of nitrogens with one attached hydrogen (secondary N) is 1. The molecule has 2 aromatic rings. The molecule has 36 heavy (non-hydrogen) atoms. The van der Waals surface area contributed by atoms with Crippen molar-refractivity contribution >= 4 is 22.7 Å². The van der Waals surface area contributed by atoms with E-state index in [9.17, 15) is 18.4 Å². The molecule has 3 heterocycles. The second-order valence-corrected chi connectivity index (χ2v) is 10.7. The highest BCUT2D eigenvalue weighted by molar-refractivity contribution is 5.83. The van der Waals surface area contributed by atoms with E-state index in [1.165, 1.54) is 18.5 Å². The van der Waals surface area contributed by atoms with E-state index in [4.69, 9.17) is 0 Å². The molecule has 2 saturated heterocycles. The number of halogens is 2. The molecule has 2 amide bonds. The first kappa shape index (κ1) is 25.0. The molecule has 9 heteroatoms. The Bertz CT molecular complexity index is 1110. The fraction of sp³-hybridized carbons (Fsp3) is 0.630. The third-order valence-corrected chi connectivity index (χ3v) is 8.07. The van der Waals surface area contributed by atoms with E-state index in [1.54, 1.807) is 6.07 Å². The Hall–Kier alpha value is -2.68. The standard InChI is InChI=1S/C27H35F2N5O2/c1-27(28,29)18-5-10-23-22(14-18)24(31-17-30-23)11-12-25(35)32-19-15-33(16-19)20-6-8-21(9-7-20)34-13-3-2-4-26(34)36/h5,10,14,17,19-21H,2-4,6-9,11-13,15-16H2,1H3,(H,32,35). The molecular formula is C27H35F2N5O2. The van der Waals surface area contributed by atoms with E-state index in [0.29, 0.717) is 47.4 Å². The van der Waals surface area contributed by atoms with Crippen molar-refractivity contribution in [1.29, 1.82) is 0 Å². The number of likely N-dealkylation sites (tertiary alicyclic amines) is 2. The summed E-state index contributed by atoms with van der Waals surface area (Å²) in [7, 11) is 0. The lowest BCUT2D eigenvalue weighted by Crippen LogP contribution is -2.63. The SMILES string of the molecule is CC(F)(F)c1ccc2ncnc(CCC(=O)NC3CN(C4CCC(N5CCCCC5=O)CC4)C3)c2c1. The van der Waals surface area contributed by atoms with Crippen LogP contribution in [0.4, 0.5) is 8.78 Å². The Morgan fingerprint density at radius 3 is 2.58 bits per heavy atom. The van der Waals surface area contributed by atoms with Crippen molar-refractivity contribution in [3.63, 3.8) is 0 Å². The molecule has 0 radical (unpaired) electrons. The van der Waals surface area contributed by atoms with Gasteiger partial charge in [0, 0.05) is 62.4 Å². The number of piperidine rings is 1. The van der Waals surface area contributed by atoms with Gasteiger partial charge in [0.25, 0.3) is 5.92 Å². The highest BCUT2D eigenvalue weighted by Crippen LogP contribution is 2.32. The van der Waals surface area contributed by atoms with Crippen LogP contribution in [0.15, 0.2) is 24.5 Å². The van der Waals surface area contributed by atoms with Crippen molar-refractivity contribution in [2.45, 2.75) is 88.8 Å². The highest BCUT2D eigenvalue weighted by atomic mass is 19.3. The van der Waals surface area contributed by atoms with E-state index < -0.39 is 5.92 Å². The molecule has 5 rings (SSSR count). The van der Waals surface area contributed by atoms with Crippen molar-refractivity contribution in [2.75, 3.05) is 19.6 Å². The van der Waals surface area contributed by atoms with Gasteiger partial charge in [-0.15, -0.1) is 0 Å². The van der Waals surface area contributed by atoms with Crippen molar-refractivity contribution in [2.24, 2.45) is 0 Å². The number of aromatic nitrogens is 2. The Morgan fingerprint density at radius 2 is 1.86 bits per heavy atom. The molecule has 1 saturated carbocycles. The maximum atomic E-state index is 13.8. The highest BCUT2D eigenvalue weighted by Gasteiger charge is 2.37. The first-order valence-corrected chi connectivity index (χ1v) is 13.2. The topological polar surface area (TPSA) is 78.4 Å². The van der Waals surface area contributed by atoms with Crippen LogP contribution in [0.3, 0.4) is 0 Å². The molecule has 194 valence electrons. The van der Waals surface area contributed by atoms with Crippen LogP contribution in [0, 0.1) is 0 Å². The fourth-order valence-corrected chi connectivity index (χ4v) is 5.96. The normalized spacial score (nSPS) is 24.1. The molecule has 2 aliphatic heterocycles. The molecule has 3 aliphatic rings. The minimum absolute atomic E-state index is 0.0456. The molecule has 7 nitrogen and oxygen atoms in total. The first-order chi connectivity index (χ1) is 17.3. The van der Waals surface area contributed by atoms with Crippen LogP contribution in [0.5, 0.6) is 0 Å². The van der Waals surface area contributed by atoms with Gasteiger partial charge in [0.1, 0.15) is 6.33 Å². The van der Waals surface area contributed by atoms with Crippen molar-refractivity contribution in [3.05, 3.63) is 35.8 Å². The van der Waals surface area contributed by atoms with Gasteiger partial charge < -0.3 is 10.2 Å². The number of hydrogen-bond donors (Lipinski definition) is 1. The van der Waals surface area contributed by atoms with E-state index in [1.807, 2.05) is 0 Å². The number of nitrogens with zero attached hydrogens (tertiary/aromatic N) is 4. The van der Waals surface area contributed by atoms with Gasteiger partial charge in [-0.3, -0.25) is 14.5 Å². The summed E-state index contributed by atoms with van der Waals surface area (Å²) >= 11 is 0. The molecule has 0 bridgehead atoms. The molecule has 1 N–H and O–H groups in total. The van der Waals surface area contributed by atoms with Gasteiger partial charge in [-0.25, -0.2) is 18.7 Å². The Morgan fingerprint density at radius 1 is 1.11 bits per heavy atom. The zero-order chi connectivity index (χ0) is 25.3. The Labute approximate surface area is 210 Å². The number of hydrogen-bond acceptors (Lipinski definition) is 5. The second kappa shape index (κ2) is 10.4. The zero-order valence-corrected chi connectivity index (χ0v) is 20.9. The van der Waals surface area contributed by atoms with E-state index in [2.05, 4.69) is 25.1 Å². The summed E-state index contributed by atoms with van der Waals surface area (Å²) in [6.07, 6.45) is 9.26. The largest absolute Gasteiger partial charge is 0.351 e. The molecule has 0 atom stereocenters. The van der Waals surface area contributed by atoms with Gasteiger partial charge >= 0.3 is 0 Å². The van der Waals surface area contributed by atoms with Gasteiger partial charge in [0.2, 0.25) is 11.8 Å². The zero-order valence-electron chi connectivity index (χ0n) is 20.9. The maximum Gasteiger partial charge on any atom is 0.270 e. The van der Waals surface area contributed by atoms with Crippen LogP contribution < -0.4 is 5.32 Å². The molecule has 0 unspecified atom stereocenters. The number of benzene rings is 1. The summed E-state index contributed by atoms with van der Waals surface area (Å²) in [4.78, 5) is 37.8. The van der Waals surface area contributed by atoms with E-state index >= 15 is 0 Å². The number of carbonyl (C=O) groups is 2. The summed E-state index contributed by atoms with van der Waals surface area (Å²) < 4.78 is 27.6. The molecular weight excluding hydrogens is 464 g/mol. The predicted octanol–water partition coefficient (Wildman–Crippen LogP) is 3.80. The average Bonchev–Trinajstić information content (AvgIpc) is 2.84. The molecule has 0 spiro atoms. The number of alkyl halides is 2. The van der Waals surface area contributed by atoms with Gasteiger partial charge in [-0.05, 0) is 57.1 Å². The third-order valence-electron chi connectivity index (χ3n) is 8.07. The molecule has 1 aliphatic carbocycles. The average molecular weight is 500 g/mol. The van der Waals surface area contributed by atoms with Gasteiger partial charge in [-0.1, -0.05) is 6.07 Å². The number of carbonyl (C=O) groups excluding carboxylic acids is 2. The van der Waals surface area contributed by atoms with Crippen LogP contribution in [0.25, 0.3) is 10.9 Å². The van der Waals surface area contributed by atoms with Crippen LogP contribution in [-0.2, 0) is 21.9 Å². The molecule has 1 aromatic heterocycles. The summed E-state index contributed by atoms with van der Waals surface area (Å²) in [5.41, 5.74) is 1.13. The molecule has 1 aromatic carbocycles. The summed E-state index contributed by atoms with van der Waals surface area (Å²) in [6, 6.07) is 5.48. The minimum atomic E-state index is -2.95. The lowest BCUT2D eigenvalue weighted by molar-refractivity contribution is -0.136. The van der Waals surface area contributed by atoms with Crippen LogP contribution in [-0.4, -0.2) is 69.3 Å². The fourth-order valence-electron chi connectivity index (χ4n) is 5.96. The first-order valence-electron chi connectivity index (χ1n) is 13.2. The third kappa shape index (κ3) is 5.51. The lowest BCUT2D eigenvalue weighted by Gasteiger charge is -2.48. The van der Waals surface area contributed by atoms with Crippen LogP contribution in [0.2, 0.25) is 0 Å². The van der Waals surface area contributed by atoms with Crippen molar-refractivity contribution < 1.29 is 18.4 Å². The summed E-state index contributed by atoms with van der Waals surface area (Å²) in [6.45, 7) is 3.50. The Balaban J connectivity index is 1.07. The number of rotatable bonds is 7. The molecule has 3 fully saturated rings. The van der Waals surface area contributed by atoms with Gasteiger partial charge in [-0.2, -0.15) is 0 Å². The van der Waals surface area contributed by atoms with Crippen LogP contribution >= 0.6 is 0 Å². The van der Waals surface area contributed by atoms with Crippen molar-refractivity contribution in [1.82, 2.24) is 25.1 Å². The summed E-state index contributed by atoms with van der Waals surface area (Å²) in [5.74, 6) is -2.66. The predicted molar refractivity (Wildman–Crippen MR) is 133 cm³/mol. The van der Waals surface area contributed by atoms with E-state index in [-0.39, 0.29) is 23.9 Å². The van der Waals surface area contributed by atoms with Crippen LogP contribution in [0.1, 0.15) is 69.5 Å². The smallest absolute Gasteiger partial charge is 0.270 e. The minimum Gasteiger partial charge on any atom is -0.351 e. The van der Waals surface area contributed by atoms with E-state index in [0.717, 1.165) is 65.1 Å². The number of fused-ring (bicyclic) bond motifs is 1. The monoisotopic (exact) mass is 499 g/mol. The summed E-state index contributed by atoms with van der Waals surface area (Å²) in [5, 5.41) is 3.68. The van der Waals surface area contributed by atoms with Gasteiger partial charge in [0.05, 0.1) is 17.3 Å². The maximum absolute atomic E-state index is 13.8.